The lowest BCUT2D eigenvalue weighted by atomic mass is 10.1. The molecule has 2 saturated heterocycles. The van der Waals surface area contributed by atoms with Crippen LogP contribution in [0.2, 0.25) is 0 Å². The van der Waals surface area contributed by atoms with Crippen LogP contribution < -0.4 is 10.6 Å². The number of anilines is 1. The van der Waals surface area contributed by atoms with Gasteiger partial charge in [-0.05, 0) is 37.1 Å². The van der Waals surface area contributed by atoms with Crippen molar-refractivity contribution in [2.24, 2.45) is 5.92 Å². The van der Waals surface area contributed by atoms with Gasteiger partial charge in [-0.1, -0.05) is 12.1 Å². The first-order valence-corrected chi connectivity index (χ1v) is 8.22. The van der Waals surface area contributed by atoms with E-state index in [1.165, 1.54) is 5.56 Å². The van der Waals surface area contributed by atoms with E-state index in [4.69, 9.17) is 4.74 Å². The highest BCUT2D eigenvalue weighted by molar-refractivity contribution is 5.92. The molecule has 2 fully saturated rings. The quantitative estimate of drug-likeness (QED) is 0.855. The van der Waals surface area contributed by atoms with Gasteiger partial charge in [-0.2, -0.15) is 0 Å². The second-order valence-corrected chi connectivity index (χ2v) is 6.08. The second-order valence-electron chi connectivity index (χ2n) is 6.08. The number of nitrogens with one attached hydrogen (secondary N) is 2. The summed E-state index contributed by atoms with van der Waals surface area (Å²) in [5.41, 5.74) is 2.21. The number of ether oxygens (including phenoxy) is 1. The third kappa shape index (κ3) is 4.29. The molecule has 0 radical (unpaired) electrons. The average Bonchev–Trinajstić information content (AvgIpc) is 3.10. The van der Waals surface area contributed by atoms with E-state index in [0.717, 1.165) is 64.5 Å². The van der Waals surface area contributed by atoms with Gasteiger partial charge in [0.2, 0.25) is 5.91 Å². The van der Waals surface area contributed by atoms with Gasteiger partial charge in [0.1, 0.15) is 0 Å². The van der Waals surface area contributed by atoms with Gasteiger partial charge in [-0.15, -0.1) is 0 Å². The molecule has 5 nitrogen and oxygen atoms in total. The van der Waals surface area contributed by atoms with Gasteiger partial charge in [-0.3, -0.25) is 9.69 Å². The number of rotatable bonds is 5. The van der Waals surface area contributed by atoms with Crippen LogP contribution >= 0.6 is 0 Å². The van der Waals surface area contributed by atoms with E-state index in [9.17, 15) is 4.79 Å². The summed E-state index contributed by atoms with van der Waals surface area (Å²) in [5.74, 6) is 0.243. The van der Waals surface area contributed by atoms with Crippen molar-refractivity contribution >= 4 is 11.6 Å². The number of nitrogens with zero attached hydrogens (tertiary/aromatic N) is 1. The van der Waals surface area contributed by atoms with Gasteiger partial charge < -0.3 is 15.4 Å². The fraction of sp³-hybridized carbons (Fsp3) is 0.588. The zero-order chi connectivity index (χ0) is 15.2. The van der Waals surface area contributed by atoms with Gasteiger partial charge in [0.15, 0.2) is 0 Å². The summed E-state index contributed by atoms with van der Waals surface area (Å²) in [6.45, 7) is 6.57. The van der Waals surface area contributed by atoms with Crippen LogP contribution in [0.1, 0.15) is 12.0 Å². The zero-order valence-electron chi connectivity index (χ0n) is 13.0. The fourth-order valence-corrected chi connectivity index (χ4v) is 2.99. The lowest BCUT2D eigenvalue weighted by Crippen LogP contribution is -2.37. The second kappa shape index (κ2) is 7.72. The maximum Gasteiger partial charge on any atom is 0.228 e. The topological polar surface area (TPSA) is 53.6 Å². The Morgan fingerprint density at radius 3 is 2.73 bits per heavy atom. The third-order valence-electron chi connectivity index (χ3n) is 4.47. The van der Waals surface area contributed by atoms with Crippen molar-refractivity contribution in [2.45, 2.75) is 12.8 Å². The van der Waals surface area contributed by atoms with E-state index < -0.39 is 0 Å². The van der Waals surface area contributed by atoms with Crippen LogP contribution in [-0.2, 0) is 16.0 Å². The Bertz CT molecular complexity index is 477. The largest absolute Gasteiger partial charge is 0.379 e. The number of carbonyl (C=O) groups excluding carboxylic acids is 1. The van der Waals surface area contributed by atoms with Crippen LogP contribution in [0.15, 0.2) is 24.3 Å². The van der Waals surface area contributed by atoms with Crippen LogP contribution in [0.4, 0.5) is 5.69 Å². The van der Waals surface area contributed by atoms with Gasteiger partial charge >= 0.3 is 0 Å². The molecule has 1 aromatic carbocycles. The summed E-state index contributed by atoms with van der Waals surface area (Å²) in [6.07, 6.45) is 1.98. The van der Waals surface area contributed by atoms with Crippen molar-refractivity contribution in [1.82, 2.24) is 10.2 Å². The first-order valence-electron chi connectivity index (χ1n) is 8.22. The van der Waals surface area contributed by atoms with E-state index in [1.54, 1.807) is 0 Å². The summed E-state index contributed by atoms with van der Waals surface area (Å²) in [5, 5.41) is 6.23. The molecule has 0 aliphatic carbocycles. The molecule has 3 rings (SSSR count). The maximum absolute atomic E-state index is 12.1. The number of hydrogen-bond acceptors (Lipinski definition) is 4. The van der Waals surface area contributed by atoms with Crippen LogP contribution in [0.3, 0.4) is 0 Å². The minimum absolute atomic E-state index is 0.112. The van der Waals surface area contributed by atoms with E-state index in [0.29, 0.717) is 0 Å². The lowest BCUT2D eigenvalue weighted by molar-refractivity contribution is -0.119. The summed E-state index contributed by atoms with van der Waals surface area (Å²) in [4.78, 5) is 14.5. The summed E-state index contributed by atoms with van der Waals surface area (Å²) >= 11 is 0. The Hall–Kier alpha value is -1.43. The first-order chi connectivity index (χ1) is 10.8. The van der Waals surface area contributed by atoms with Gasteiger partial charge in [0, 0.05) is 31.9 Å². The molecule has 120 valence electrons. The standard InChI is InChI=1S/C17H25N3O2/c21-17(15-5-7-18-13-15)19-16-3-1-14(2-4-16)6-8-20-9-11-22-12-10-20/h1-4,15,18H,5-13H2,(H,19,21). The minimum Gasteiger partial charge on any atom is -0.379 e. The molecule has 1 aromatic rings. The van der Waals surface area contributed by atoms with Crippen molar-refractivity contribution in [1.29, 1.82) is 0 Å². The molecule has 0 aromatic heterocycles. The molecule has 1 amide bonds. The van der Waals surface area contributed by atoms with Gasteiger partial charge in [-0.25, -0.2) is 0 Å². The minimum atomic E-state index is 0.112. The predicted molar refractivity (Wildman–Crippen MR) is 87.0 cm³/mol. The Balaban J connectivity index is 1.46. The van der Waals surface area contributed by atoms with Crippen LogP contribution in [0, 0.1) is 5.92 Å². The predicted octanol–water partition coefficient (Wildman–Crippen LogP) is 1.11. The summed E-state index contributed by atoms with van der Waals surface area (Å²) in [6, 6.07) is 8.25. The molecular weight excluding hydrogens is 278 g/mol. The maximum atomic E-state index is 12.1. The number of hydrogen-bond donors (Lipinski definition) is 2. The molecule has 1 atom stereocenters. The summed E-state index contributed by atoms with van der Waals surface area (Å²) in [7, 11) is 0. The molecule has 0 bridgehead atoms. The average molecular weight is 303 g/mol. The Morgan fingerprint density at radius 2 is 2.05 bits per heavy atom. The molecule has 22 heavy (non-hydrogen) atoms. The Labute approximate surface area is 132 Å². The normalized spacial score (nSPS) is 22.6. The van der Waals surface area contributed by atoms with Gasteiger partial charge in [0.25, 0.3) is 0 Å². The van der Waals surface area contributed by atoms with Crippen molar-refractivity contribution in [3.63, 3.8) is 0 Å². The van der Waals surface area contributed by atoms with Crippen molar-refractivity contribution in [2.75, 3.05) is 51.3 Å². The molecule has 2 heterocycles. The molecule has 2 aliphatic heterocycles. The van der Waals surface area contributed by atoms with E-state index >= 15 is 0 Å². The number of carbonyl (C=O) groups is 1. The van der Waals surface area contributed by atoms with E-state index in [1.807, 2.05) is 12.1 Å². The molecule has 2 N–H and O–H groups in total. The number of benzene rings is 1. The Morgan fingerprint density at radius 1 is 1.27 bits per heavy atom. The van der Waals surface area contributed by atoms with Crippen molar-refractivity contribution < 1.29 is 9.53 Å². The Kier molecular flexibility index (Phi) is 5.43. The lowest BCUT2D eigenvalue weighted by Gasteiger charge is -2.26. The SMILES string of the molecule is O=C(Nc1ccc(CCN2CCOCC2)cc1)C1CCNC1. The smallest absolute Gasteiger partial charge is 0.228 e. The van der Waals surface area contributed by atoms with Crippen molar-refractivity contribution in [3.05, 3.63) is 29.8 Å². The van der Waals surface area contributed by atoms with E-state index in [-0.39, 0.29) is 11.8 Å². The monoisotopic (exact) mass is 303 g/mol. The number of morpholine rings is 1. The molecule has 2 aliphatic rings. The number of amides is 1. The highest BCUT2D eigenvalue weighted by atomic mass is 16.5. The molecule has 0 saturated carbocycles. The highest BCUT2D eigenvalue weighted by Crippen LogP contribution is 2.14. The highest BCUT2D eigenvalue weighted by Gasteiger charge is 2.22. The zero-order valence-corrected chi connectivity index (χ0v) is 13.0. The van der Waals surface area contributed by atoms with Crippen LogP contribution in [0.25, 0.3) is 0 Å². The molecule has 1 unspecified atom stereocenters. The van der Waals surface area contributed by atoms with E-state index in [2.05, 4.69) is 27.7 Å². The van der Waals surface area contributed by atoms with Crippen LogP contribution in [-0.4, -0.2) is 56.7 Å². The fourth-order valence-electron chi connectivity index (χ4n) is 2.99. The third-order valence-corrected chi connectivity index (χ3v) is 4.47. The summed E-state index contributed by atoms with van der Waals surface area (Å²) < 4.78 is 5.36. The molecule has 5 heteroatoms. The molecular formula is C17H25N3O2. The molecule has 0 spiro atoms. The first kappa shape index (κ1) is 15.5. The van der Waals surface area contributed by atoms with Gasteiger partial charge in [0.05, 0.1) is 19.1 Å². The van der Waals surface area contributed by atoms with Crippen molar-refractivity contribution in [3.8, 4) is 0 Å². The van der Waals surface area contributed by atoms with Crippen LogP contribution in [0.5, 0.6) is 0 Å².